The number of nitrogens with one attached hydrogen (secondary N) is 2. The number of para-hydroxylation sites is 1. The fourth-order valence-electron chi connectivity index (χ4n) is 3.48. The van der Waals surface area contributed by atoms with Crippen molar-refractivity contribution < 1.29 is 9.47 Å². The number of aliphatic imine (C=N–C) groups is 1. The molecule has 2 bridgehead atoms. The van der Waals surface area contributed by atoms with E-state index in [1.807, 2.05) is 18.2 Å². The molecular formula is C20H31N3O2. The van der Waals surface area contributed by atoms with Crippen molar-refractivity contribution in [2.45, 2.75) is 64.8 Å². The summed E-state index contributed by atoms with van der Waals surface area (Å²) < 4.78 is 11.9. The molecule has 0 spiro atoms. The van der Waals surface area contributed by atoms with Gasteiger partial charge in [-0.2, -0.15) is 0 Å². The molecule has 0 saturated carbocycles. The number of fused-ring (bicyclic) bond motifs is 2. The van der Waals surface area contributed by atoms with Gasteiger partial charge in [0.05, 0.1) is 31.4 Å². The van der Waals surface area contributed by atoms with Gasteiger partial charge in [0.2, 0.25) is 0 Å². The van der Waals surface area contributed by atoms with Crippen LogP contribution < -0.4 is 15.4 Å². The van der Waals surface area contributed by atoms with Gasteiger partial charge in [0.25, 0.3) is 0 Å². The smallest absolute Gasteiger partial charge is 0.191 e. The lowest BCUT2D eigenvalue weighted by Gasteiger charge is -2.22. The Morgan fingerprint density at radius 1 is 1.32 bits per heavy atom. The summed E-state index contributed by atoms with van der Waals surface area (Å²) in [5, 5.41) is 6.91. The molecule has 3 rings (SSSR count). The maximum atomic E-state index is 5.93. The number of guanidine groups is 1. The van der Waals surface area contributed by atoms with Crippen LogP contribution in [-0.4, -0.2) is 37.4 Å². The highest BCUT2D eigenvalue weighted by Crippen LogP contribution is 2.34. The molecule has 0 amide bonds. The first-order chi connectivity index (χ1) is 12.2. The molecule has 1 aromatic carbocycles. The molecule has 1 aromatic rings. The quantitative estimate of drug-likeness (QED) is 0.589. The Hall–Kier alpha value is -1.75. The molecule has 3 atom stereocenters. The molecule has 2 saturated heterocycles. The Kier molecular flexibility index (Phi) is 6.19. The van der Waals surface area contributed by atoms with Crippen molar-refractivity contribution in [2.24, 2.45) is 10.9 Å². The van der Waals surface area contributed by atoms with Gasteiger partial charge in [-0.3, -0.25) is 0 Å². The average Bonchev–Trinajstić information content (AvgIpc) is 3.21. The molecule has 2 N–H and O–H groups in total. The predicted molar refractivity (Wildman–Crippen MR) is 101 cm³/mol. The molecule has 2 aliphatic heterocycles. The number of rotatable bonds is 7. The first kappa shape index (κ1) is 18.1. The summed E-state index contributed by atoms with van der Waals surface area (Å²) in [4.78, 5) is 4.78. The Bertz CT molecular complexity index is 588. The fraction of sp³-hybridized carbons (Fsp3) is 0.650. The van der Waals surface area contributed by atoms with E-state index in [4.69, 9.17) is 14.5 Å². The maximum Gasteiger partial charge on any atom is 0.191 e. The van der Waals surface area contributed by atoms with E-state index in [9.17, 15) is 0 Å². The van der Waals surface area contributed by atoms with E-state index in [-0.39, 0.29) is 0 Å². The molecule has 0 aromatic heterocycles. The Balaban J connectivity index is 1.63. The lowest BCUT2D eigenvalue weighted by Crippen LogP contribution is -2.47. The minimum Gasteiger partial charge on any atom is -0.493 e. The van der Waals surface area contributed by atoms with E-state index >= 15 is 0 Å². The summed E-state index contributed by atoms with van der Waals surface area (Å²) >= 11 is 0. The molecule has 0 radical (unpaired) electrons. The number of hydrogen-bond donors (Lipinski definition) is 2. The van der Waals surface area contributed by atoms with Crippen molar-refractivity contribution >= 4 is 5.96 Å². The van der Waals surface area contributed by atoms with Crippen LogP contribution in [0.5, 0.6) is 5.75 Å². The molecular weight excluding hydrogens is 314 g/mol. The molecule has 2 fully saturated rings. The monoisotopic (exact) mass is 345 g/mol. The summed E-state index contributed by atoms with van der Waals surface area (Å²) in [5.74, 6) is 2.30. The van der Waals surface area contributed by atoms with Gasteiger partial charge in [0.15, 0.2) is 5.96 Å². The van der Waals surface area contributed by atoms with Crippen molar-refractivity contribution in [2.75, 3.05) is 13.2 Å². The summed E-state index contributed by atoms with van der Waals surface area (Å²) in [6.45, 7) is 8.58. The van der Waals surface area contributed by atoms with Crippen LogP contribution in [0, 0.1) is 5.92 Å². The largest absolute Gasteiger partial charge is 0.493 e. The van der Waals surface area contributed by atoms with Crippen LogP contribution in [-0.2, 0) is 11.3 Å². The van der Waals surface area contributed by atoms with E-state index in [2.05, 4.69) is 37.5 Å². The zero-order chi connectivity index (χ0) is 17.6. The Morgan fingerprint density at radius 2 is 2.16 bits per heavy atom. The van der Waals surface area contributed by atoms with Crippen LogP contribution in [0.2, 0.25) is 0 Å². The van der Waals surface area contributed by atoms with Gasteiger partial charge in [0, 0.05) is 12.1 Å². The van der Waals surface area contributed by atoms with Gasteiger partial charge >= 0.3 is 0 Å². The van der Waals surface area contributed by atoms with E-state index in [1.54, 1.807) is 0 Å². The Morgan fingerprint density at radius 3 is 2.84 bits per heavy atom. The summed E-state index contributed by atoms with van der Waals surface area (Å²) in [7, 11) is 0. The average molecular weight is 345 g/mol. The van der Waals surface area contributed by atoms with Gasteiger partial charge in [-0.25, -0.2) is 4.99 Å². The van der Waals surface area contributed by atoms with Crippen molar-refractivity contribution in [1.82, 2.24) is 10.6 Å². The summed E-state index contributed by atoms with van der Waals surface area (Å²) in [5.41, 5.74) is 1.12. The second-order valence-corrected chi connectivity index (χ2v) is 7.37. The second-order valence-electron chi connectivity index (χ2n) is 7.37. The van der Waals surface area contributed by atoms with Gasteiger partial charge in [-0.15, -0.1) is 0 Å². The van der Waals surface area contributed by atoms with Crippen molar-refractivity contribution in [3.8, 4) is 5.75 Å². The molecule has 138 valence electrons. The summed E-state index contributed by atoms with van der Waals surface area (Å²) in [6, 6.07) is 8.54. The normalized spacial score (nSPS) is 25.4. The van der Waals surface area contributed by atoms with Crippen LogP contribution in [0.3, 0.4) is 0 Å². The minimum atomic E-state index is 0.343. The highest BCUT2D eigenvalue weighted by molar-refractivity contribution is 5.80. The number of hydrogen-bond acceptors (Lipinski definition) is 3. The van der Waals surface area contributed by atoms with Crippen molar-refractivity contribution in [1.29, 1.82) is 0 Å². The van der Waals surface area contributed by atoms with E-state index in [0.717, 1.165) is 43.3 Å². The number of benzene rings is 1. The molecule has 5 nitrogen and oxygen atoms in total. The van der Waals surface area contributed by atoms with Gasteiger partial charge in [0.1, 0.15) is 5.75 Å². The van der Waals surface area contributed by atoms with Crippen LogP contribution in [0.1, 0.15) is 45.6 Å². The molecule has 2 aliphatic rings. The van der Waals surface area contributed by atoms with Crippen LogP contribution in [0.4, 0.5) is 0 Å². The first-order valence-electron chi connectivity index (χ1n) is 9.56. The maximum absolute atomic E-state index is 5.93. The third-order valence-electron chi connectivity index (χ3n) is 4.72. The van der Waals surface area contributed by atoms with E-state index in [0.29, 0.717) is 30.7 Å². The molecule has 5 heteroatoms. The third kappa shape index (κ3) is 4.88. The second kappa shape index (κ2) is 8.56. The van der Waals surface area contributed by atoms with Crippen LogP contribution >= 0.6 is 0 Å². The van der Waals surface area contributed by atoms with Gasteiger partial charge in [-0.1, -0.05) is 32.0 Å². The third-order valence-corrected chi connectivity index (χ3v) is 4.72. The predicted octanol–water partition coefficient (Wildman–Crippen LogP) is 3.10. The first-order valence-corrected chi connectivity index (χ1v) is 9.56. The molecule has 25 heavy (non-hydrogen) atoms. The molecule has 0 aliphatic carbocycles. The molecule has 2 heterocycles. The van der Waals surface area contributed by atoms with Gasteiger partial charge in [-0.05, 0) is 38.2 Å². The number of nitrogens with zero attached hydrogens (tertiary/aromatic N) is 1. The van der Waals surface area contributed by atoms with Crippen molar-refractivity contribution in [3.63, 3.8) is 0 Å². The topological polar surface area (TPSA) is 54.9 Å². The van der Waals surface area contributed by atoms with Gasteiger partial charge < -0.3 is 20.1 Å². The standard InChI is InChI=1S/C20H31N3O2/c1-4-21-20(23-17-11-16-9-10-19(17)25-16)22-12-15-7-5-6-8-18(15)24-13-14(2)3/h5-8,14,16-17,19H,4,9-13H2,1-3H3,(H2,21,22,23). The fourth-order valence-corrected chi connectivity index (χ4v) is 3.48. The zero-order valence-electron chi connectivity index (χ0n) is 15.6. The molecule has 3 unspecified atom stereocenters. The minimum absolute atomic E-state index is 0.343. The van der Waals surface area contributed by atoms with Crippen LogP contribution in [0.15, 0.2) is 29.3 Å². The van der Waals surface area contributed by atoms with Crippen LogP contribution in [0.25, 0.3) is 0 Å². The highest BCUT2D eigenvalue weighted by Gasteiger charge is 2.41. The lowest BCUT2D eigenvalue weighted by molar-refractivity contribution is 0.0992. The summed E-state index contributed by atoms with van der Waals surface area (Å²) in [6.07, 6.45) is 4.24. The Labute approximate surface area is 151 Å². The number of ether oxygens (including phenoxy) is 2. The lowest BCUT2D eigenvalue weighted by atomic mass is 9.96. The zero-order valence-corrected chi connectivity index (χ0v) is 15.6. The SMILES string of the molecule is CCNC(=NCc1ccccc1OCC(C)C)NC1CC2CCC1O2. The van der Waals surface area contributed by atoms with E-state index < -0.39 is 0 Å². The highest BCUT2D eigenvalue weighted by atomic mass is 16.5. The van der Waals surface area contributed by atoms with E-state index in [1.165, 1.54) is 6.42 Å². The van der Waals surface area contributed by atoms with Crippen molar-refractivity contribution in [3.05, 3.63) is 29.8 Å².